The molecule has 1 fully saturated rings. The van der Waals surface area contributed by atoms with Gasteiger partial charge in [0.25, 0.3) is 0 Å². The number of rotatable bonds is 3. The quantitative estimate of drug-likeness (QED) is 0.554. The molecule has 1 heterocycles. The van der Waals surface area contributed by atoms with E-state index in [1.165, 1.54) is 49.7 Å². The van der Waals surface area contributed by atoms with Crippen LogP contribution in [0.2, 0.25) is 0 Å². The first-order chi connectivity index (χ1) is 12.6. The van der Waals surface area contributed by atoms with Gasteiger partial charge in [-0.3, -0.25) is 0 Å². The third-order valence-electron chi connectivity index (χ3n) is 5.64. The van der Waals surface area contributed by atoms with E-state index in [9.17, 15) is 4.79 Å². The van der Waals surface area contributed by atoms with E-state index in [1.807, 2.05) is 0 Å². The van der Waals surface area contributed by atoms with Gasteiger partial charge >= 0.3 is 5.97 Å². The van der Waals surface area contributed by atoms with Gasteiger partial charge in [-0.2, -0.15) is 0 Å². The fourth-order valence-electron chi connectivity index (χ4n) is 4.05. The van der Waals surface area contributed by atoms with Crippen LogP contribution in [-0.2, 0) is 17.6 Å². The van der Waals surface area contributed by atoms with Crippen LogP contribution in [0, 0.1) is 5.92 Å². The third kappa shape index (κ3) is 4.77. The number of thiocarbonyl (C=S) groups is 1. The van der Waals surface area contributed by atoms with E-state index in [1.54, 1.807) is 11.3 Å². The Morgan fingerprint density at radius 1 is 1.12 bits per heavy atom. The van der Waals surface area contributed by atoms with Gasteiger partial charge in [-0.15, -0.1) is 11.3 Å². The number of hydrogen-bond donors (Lipinski definition) is 2. The molecule has 144 valence electrons. The first-order valence-corrected chi connectivity index (χ1v) is 11.1. The van der Waals surface area contributed by atoms with Crippen molar-refractivity contribution in [3.63, 3.8) is 0 Å². The molecule has 0 amide bonds. The van der Waals surface area contributed by atoms with Crippen molar-refractivity contribution in [3.8, 4) is 0 Å². The Balaban J connectivity index is 1.74. The van der Waals surface area contributed by atoms with Crippen molar-refractivity contribution < 1.29 is 9.53 Å². The van der Waals surface area contributed by atoms with Crippen LogP contribution >= 0.6 is 23.6 Å². The molecule has 1 aromatic heterocycles. The van der Waals surface area contributed by atoms with Crippen LogP contribution in [0.5, 0.6) is 0 Å². The fourth-order valence-corrected chi connectivity index (χ4v) is 5.67. The first-order valence-electron chi connectivity index (χ1n) is 9.88. The van der Waals surface area contributed by atoms with E-state index >= 15 is 0 Å². The second-order valence-electron chi connectivity index (χ2n) is 7.67. The van der Waals surface area contributed by atoms with E-state index in [4.69, 9.17) is 17.0 Å². The number of ether oxygens (including phenoxy) is 1. The summed E-state index contributed by atoms with van der Waals surface area (Å²) in [5.41, 5.74) is 1.88. The summed E-state index contributed by atoms with van der Waals surface area (Å²) in [4.78, 5) is 13.8. The van der Waals surface area contributed by atoms with Crippen molar-refractivity contribution in [2.75, 3.05) is 12.4 Å². The monoisotopic (exact) mass is 394 g/mol. The van der Waals surface area contributed by atoms with Gasteiger partial charge in [0.05, 0.1) is 12.7 Å². The summed E-state index contributed by atoms with van der Waals surface area (Å²) in [6.45, 7) is 2.32. The van der Waals surface area contributed by atoms with Crippen LogP contribution < -0.4 is 10.6 Å². The maximum Gasteiger partial charge on any atom is 0.341 e. The third-order valence-corrected chi connectivity index (χ3v) is 7.07. The zero-order valence-corrected chi connectivity index (χ0v) is 17.5. The molecule has 0 bridgehead atoms. The van der Waals surface area contributed by atoms with E-state index in [2.05, 4.69) is 17.6 Å². The number of anilines is 1. The van der Waals surface area contributed by atoms with Gasteiger partial charge in [0.1, 0.15) is 5.00 Å². The Morgan fingerprint density at radius 3 is 2.50 bits per heavy atom. The molecule has 2 aliphatic carbocycles. The van der Waals surface area contributed by atoms with Crippen molar-refractivity contribution in [2.24, 2.45) is 5.92 Å². The van der Waals surface area contributed by atoms with Crippen LogP contribution in [0.15, 0.2) is 0 Å². The lowest BCUT2D eigenvalue weighted by molar-refractivity contribution is 0.0601. The average Bonchev–Trinajstić information content (AvgIpc) is 2.92. The molecular formula is C20H30N2O2S2. The lowest BCUT2D eigenvalue weighted by Crippen LogP contribution is -2.39. The molecule has 4 nitrogen and oxygen atoms in total. The standard InChI is InChI=1S/C20H30N2O2S2/c1-13-9-11-14(12-10-13)21-20(25)22-18-17(19(23)24-2)15-7-5-3-4-6-8-16(15)26-18/h13-14H,3-12H2,1-2H3,(H2,21,22,25). The number of aryl methyl sites for hydroxylation is 1. The number of fused-ring (bicyclic) bond motifs is 1. The molecule has 1 saturated carbocycles. The minimum atomic E-state index is -0.250. The van der Waals surface area contributed by atoms with Crippen LogP contribution in [0.4, 0.5) is 5.00 Å². The molecule has 0 spiro atoms. The highest BCUT2D eigenvalue weighted by Gasteiger charge is 2.26. The molecule has 0 atom stereocenters. The van der Waals surface area contributed by atoms with Gasteiger partial charge in [0, 0.05) is 10.9 Å². The van der Waals surface area contributed by atoms with Crippen LogP contribution in [0.25, 0.3) is 0 Å². The number of thiophene rings is 1. The number of methoxy groups -OCH3 is 1. The molecule has 0 radical (unpaired) electrons. The van der Waals surface area contributed by atoms with Gasteiger partial charge in [-0.1, -0.05) is 19.8 Å². The van der Waals surface area contributed by atoms with Gasteiger partial charge in [0.2, 0.25) is 0 Å². The minimum Gasteiger partial charge on any atom is -0.465 e. The number of carbonyl (C=O) groups is 1. The zero-order chi connectivity index (χ0) is 18.5. The van der Waals surface area contributed by atoms with Crippen molar-refractivity contribution in [1.29, 1.82) is 0 Å². The topological polar surface area (TPSA) is 50.4 Å². The molecule has 0 saturated heterocycles. The summed E-state index contributed by atoms with van der Waals surface area (Å²) in [6, 6.07) is 0.439. The Hall–Kier alpha value is -1.14. The van der Waals surface area contributed by atoms with Crippen LogP contribution in [-0.4, -0.2) is 24.2 Å². The molecule has 0 aliphatic heterocycles. The molecule has 2 aliphatic rings. The summed E-state index contributed by atoms with van der Waals surface area (Å²) in [6.07, 6.45) is 11.7. The van der Waals surface area contributed by atoms with Gasteiger partial charge in [-0.05, 0) is 75.1 Å². The molecule has 6 heteroatoms. The van der Waals surface area contributed by atoms with Crippen molar-refractivity contribution in [3.05, 3.63) is 16.0 Å². The smallest absolute Gasteiger partial charge is 0.341 e. The lowest BCUT2D eigenvalue weighted by Gasteiger charge is -2.28. The van der Waals surface area contributed by atoms with E-state index in [0.29, 0.717) is 16.7 Å². The van der Waals surface area contributed by atoms with Gasteiger partial charge < -0.3 is 15.4 Å². The largest absolute Gasteiger partial charge is 0.465 e. The molecule has 1 aromatic rings. The number of hydrogen-bond acceptors (Lipinski definition) is 4. The molecular weight excluding hydrogens is 364 g/mol. The summed E-state index contributed by atoms with van der Waals surface area (Å²) in [5, 5.41) is 8.25. The summed E-state index contributed by atoms with van der Waals surface area (Å²) in [5.74, 6) is 0.567. The Kier molecular flexibility index (Phi) is 6.92. The highest BCUT2D eigenvalue weighted by Crippen LogP contribution is 2.37. The van der Waals surface area contributed by atoms with E-state index in [0.717, 1.165) is 43.0 Å². The van der Waals surface area contributed by atoms with E-state index in [-0.39, 0.29) is 5.97 Å². The average molecular weight is 395 g/mol. The highest BCUT2D eigenvalue weighted by atomic mass is 32.1. The SMILES string of the molecule is COC(=O)c1c(NC(=S)NC2CCC(C)CC2)sc2c1CCCCCC2. The number of carbonyl (C=O) groups excluding carboxylic acids is 1. The predicted octanol–water partition coefficient (Wildman–Crippen LogP) is 5.06. The second kappa shape index (κ2) is 9.18. The summed E-state index contributed by atoms with van der Waals surface area (Å²) in [7, 11) is 1.46. The Morgan fingerprint density at radius 2 is 1.81 bits per heavy atom. The molecule has 2 N–H and O–H groups in total. The Bertz CT molecular complexity index is 648. The highest BCUT2D eigenvalue weighted by molar-refractivity contribution is 7.80. The summed E-state index contributed by atoms with van der Waals surface area (Å²) >= 11 is 7.23. The van der Waals surface area contributed by atoms with Crippen molar-refractivity contribution >= 4 is 39.6 Å². The normalized spacial score (nSPS) is 23.3. The second-order valence-corrected chi connectivity index (χ2v) is 9.18. The predicted molar refractivity (Wildman–Crippen MR) is 112 cm³/mol. The minimum absolute atomic E-state index is 0.250. The summed E-state index contributed by atoms with van der Waals surface area (Å²) < 4.78 is 5.08. The molecule has 26 heavy (non-hydrogen) atoms. The Labute approximate surface area is 166 Å². The number of esters is 1. The first kappa shape index (κ1) is 19.6. The zero-order valence-electron chi connectivity index (χ0n) is 15.9. The van der Waals surface area contributed by atoms with Gasteiger partial charge in [0.15, 0.2) is 5.11 Å². The van der Waals surface area contributed by atoms with Gasteiger partial charge in [-0.25, -0.2) is 4.79 Å². The van der Waals surface area contributed by atoms with Crippen molar-refractivity contribution in [2.45, 2.75) is 77.2 Å². The van der Waals surface area contributed by atoms with E-state index < -0.39 is 0 Å². The van der Waals surface area contributed by atoms with Crippen LogP contribution in [0.1, 0.15) is 79.1 Å². The number of nitrogens with one attached hydrogen (secondary N) is 2. The van der Waals surface area contributed by atoms with Crippen molar-refractivity contribution in [1.82, 2.24) is 5.32 Å². The van der Waals surface area contributed by atoms with Crippen LogP contribution in [0.3, 0.4) is 0 Å². The maximum atomic E-state index is 12.5. The lowest BCUT2D eigenvalue weighted by atomic mass is 9.87. The fraction of sp³-hybridized carbons (Fsp3) is 0.700. The molecule has 0 aromatic carbocycles. The molecule has 3 rings (SSSR count). The maximum absolute atomic E-state index is 12.5. The molecule has 0 unspecified atom stereocenters.